The summed E-state index contributed by atoms with van der Waals surface area (Å²) in [4.78, 5) is 19.4. The van der Waals surface area contributed by atoms with Gasteiger partial charge in [-0.15, -0.1) is 0 Å². The lowest BCUT2D eigenvalue weighted by Crippen LogP contribution is -2.30. The molecule has 0 radical (unpaired) electrons. The summed E-state index contributed by atoms with van der Waals surface area (Å²) >= 11 is 0. The molecule has 8 heteroatoms. The SMILES string of the molecule is CCO.CCc1cnn2c(NCc3ccn(CC)c(=O)c3)cc(N3CCCCC3)nc12. The Labute approximate surface area is 183 Å². The Morgan fingerprint density at radius 2 is 1.87 bits per heavy atom. The second-order valence-corrected chi connectivity index (χ2v) is 7.64. The predicted molar refractivity (Wildman–Crippen MR) is 125 cm³/mol. The third-order valence-corrected chi connectivity index (χ3v) is 5.47. The summed E-state index contributed by atoms with van der Waals surface area (Å²) in [5, 5.41) is 15.6. The molecule has 2 N–H and O–H groups in total. The van der Waals surface area contributed by atoms with Crippen LogP contribution in [0.25, 0.3) is 5.65 Å². The molecule has 31 heavy (non-hydrogen) atoms. The van der Waals surface area contributed by atoms with Crippen molar-refractivity contribution in [3.8, 4) is 0 Å². The zero-order valence-electron chi connectivity index (χ0n) is 18.8. The lowest BCUT2D eigenvalue weighted by Gasteiger charge is -2.28. The van der Waals surface area contributed by atoms with Crippen molar-refractivity contribution in [3.63, 3.8) is 0 Å². The molecule has 1 fully saturated rings. The van der Waals surface area contributed by atoms with Gasteiger partial charge in [-0.3, -0.25) is 4.79 Å². The van der Waals surface area contributed by atoms with Gasteiger partial charge in [0.05, 0.1) is 6.20 Å². The van der Waals surface area contributed by atoms with Crippen LogP contribution in [0, 0.1) is 0 Å². The van der Waals surface area contributed by atoms with Crippen LogP contribution in [-0.4, -0.2) is 44.0 Å². The molecule has 4 rings (SSSR count). The molecule has 0 saturated carbocycles. The quantitative estimate of drug-likeness (QED) is 0.630. The van der Waals surface area contributed by atoms with E-state index in [-0.39, 0.29) is 12.2 Å². The molecule has 1 aliphatic rings. The fraction of sp³-hybridized carbons (Fsp3) is 0.522. The zero-order chi connectivity index (χ0) is 22.2. The minimum absolute atomic E-state index is 0.0306. The van der Waals surface area contributed by atoms with Crippen molar-refractivity contribution in [1.29, 1.82) is 0 Å². The molecular formula is C23H34N6O2. The molecule has 0 aliphatic carbocycles. The summed E-state index contributed by atoms with van der Waals surface area (Å²) in [6.07, 6.45) is 8.36. The molecule has 0 bridgehead atoms. The van der Waals surface area contributed by atoms with Gasteiger partial charge in [-0.05, 0) is 51.2 Å². The van der Waals surface area contributed by atoms with Crippen LogP contribution in [-0.2, 0) is 19.5 Å². The first-order chi connectivity index (χ1) is 15.1. The number of pyridine rings is 1. The average molecular weight is 427 g/mol. The van der Waals surface area contributed by atoms with Crippen LogP contribution in [0.2, 0.25) is 0 Å². The topological polar surface area (TPSA) is 87.7 Å². The molecule has 0 amide bonds. The van der Waals surface area contributed by atoms with E-state index in [1.807, 2.05) is 29.9 Å². The van der Waals surface area contributed by atoms with E-state index in [0.29, 0.717) is 13.1 Å². The minimum Gasteiger partial charge on any atom is -0.397 e. The summed E-state index contributed by atoms with van der Waals surface area (Å²) in [5.74, 6) is 1.91. The first-order valence-corrected chi connectivity index (χ1v) is 11.3. The van der Waals surface area contributed by atoms with Gasteiger partial charge in [-0.1, -0.05) is 6.92 Å². The van der Waals surface area contributed by atoms with Crippen molar-refractivity contribution >= 4 is 17.3 Å². The number of hydrogen-bond acceptors (Lipinski definition) is 6. The first kappa shape index (κ1) is 22.8. The van der Waals surface area contributed by atoms with Gasteiger partial charge in [0.25, 0.3) is 5.56 Å². The van der Waals surface area contributed by atoms with Gasteiger partial charge in [0.1, 0.15) is 11.6 Å². The highest BCUT2D eigenvalue weighted by atomic mass is 16.2. The Kier molecular flexibility index (Phi) is 8.06. The molecule has 8 nitrogen and oxygen atoms in total. The van der Waals surface area contributed by atoms with Crippen LogP contribution in [0.4, 0.5) is 11.6 Å². The smallest absolute Gasteiger partial charge is 0.250 e. The van der Waals surface area contributed by atoms with Crippen LogP contribution in [0.5, 0.6) is 0 Å². The van der Waals surface area contributed by atoms with Gasteiger partial charge < -0.3 is 19.9 Å². The van der Waals surface area contributed by atoms with E-state index in [1.165, 1.54) is 19.3 Å². The van der Waals surface area contributed by atoms with Gasteiger partial charge in [0, 0.05) is 56.7 Å². The van der Waals surface area contributed by atoms with Gasteiger partial charge in [0.15, 0.2) is 5.65 Å². The fourth-order valence-corrected chi connectivity index (χ4v) is 3.77. The van der Waals surface area contributed by atoms with Crippen molar-refractivity contribution < 1.29 is 5.11 Å². The number of aryl methyl sites for hydroxylation is 2. The Morgan fingerprint density at radius 3 is 2.52 bits per heavy atom. The second kappa shape index (κ2) is 10.9. The Hall–Kier alpha value is -2.87. The van der Waals surface area contributed by atoms with E-state index in [1.54, 1.807) is 17.6 Å². The van der Waals surface area contributed by atoms with Crippen molar-refractivity contribution in [2.75, 3.05) is 29.9 Å². The number of hydrogen-bond donors (Lipinski definition) is 2. The lowest BCUT2D eigenvalue weighted by molar-refractivity contribution is 0.318. The summed E-state index contributed by atoms with van der Waals surface area (Å²) in [6, 6.07) is 5.77. The van der Waals surface area contributed by atoms with Crippen LogP contribution in [0.15, 0.2) is 35.4 Å². The van der Waals surface area contributed by atoms with Crippen LogP contribution in [0.1, 0.15) is 51.2 Å². The molecule has 0 atom stereocenters. The van der Waals surface area contributed by atoms with Gasteiger partial charge in [-0.25, -0.2) is 4.98 Å². The van der Waals surface area contributed by atoms with E-state index in [4.69, 9.17) is 10.1 Å². The molecule has 0 unspecified atom stereocenters. The number of nitrogens with zero attached hydrogens (tertiary/aromatic N) is 5. The predicted octanol–water partition coefficient (Wildman–Crippen LogP) is 3.07. The average Bonchev–Trinajstić information content (AvgIpc) is 3.22. The maximum atomic E-state index is 12.1. The Bertz CT molecular complexity index is 1040. The largest absolute Gasteiger partial charge is 0.397 e. The number of piperidine rings is 1. The molecular weight excluding hydrogens is 392 g/mol. The van der Waals surface area contributed by atoms with Crippen molar-refractivity contribution in [2.24, 2.45) is 0 Å². The van der Waals surface area contributed by atoms with Crippen LogP contribution < -0.4 is 15.8 Å². The lowest BCUT2D eigenvalue weighted by atomic mass is 10.1. The monoisotopic (exact) mass is 426 g/mol. The number of rotatable bonds is 6. The van der Waals surface area contributed by atoms with Gasteiger partial charge in [0.2, 0.25) is 0 Å². The molecule has 3 aromatic rings. The van der Waals surface area contributed by atoms with Crippen molar-refractivity contribution in [2.45, 2.75) is 59.5 Å². The molecule has 3 aromatic heterocycles. The third-order valence-electron chi connectivity index (χ3n) is 5.47. The normalized spacial score (nSPS) is 13.7. The first-order valence-electron chi connectivity index (χ1n) is 11.3. The number of aliphatic hydroxyl groups is 1. The maximum Gasteiger partial charge on any atom is 0.250 e. The third kappa shape index (κ3) is 5.44. The summed E-state index contributed by atoms with van der Waals surface area (Å²) < 4.78 is 3.57. The maximum absolute atomic E-state index is 12.1. The fourth-order valence-electron chi connectivity index (χ4n) is 3.77. The summed E-state index contributed by atoms with van der Waals surface area (Å²) in [7, 11) is 0. The summed E-state index contributed by atoms with van der Waals surface area (Å²) in [6.45, 7) is 9.38. The van der Waals surface area contributed by atoms with Crippen LogP contribution >= 0.6 is 0 Å². The zero-order valence-corrected chi connectivity index (χ0v) is 18.8. The van der Waals surface area contributed by atoms with Crippen molar-refractivity contribution in [1.82, 2.24) is 19.2 Å². The molecule has 168 valence electrons. The van der Waals surface area contributed by atoms with Crippen molar-refractivity contribution in [3.05, 3.63) is 52.1 Å². The van der Waals surface area contributed by atoms with Crippen LogP contribution in [0.3, 0.4) is 0 Å². The highest BCUT2D eigenvalue weighted by Crippen LogP contribution is 2.24. The molecule has 0 spiro atoms. The molecule has 1 aliphatic heterocycles. The number of anilines is 2. The van der Waals surface area contributed by atoms with E-state index in [0.717, 1.165) is 47.9 Å². The number of aliphatic hydroxyl groups excluding tert-OH is 1. The molecule has 0 aromatic carbocycles. The van der Waals surface area contributed by atoms with E-state index in [9.17, 15) is 4.79 Å². The standard InChI is InChI=1S/C21H28N6O.C2H6O/c1-3-17-15-23-27-18(22-14-16-8-11-25(4-2)20(28)12-16)13-19(24-21(17)27)26-9-6-5-7-10-26;1-2-3/h8,11-13,15,22H,3-7,9-10,14H2,1-2H3;3H,2H2,1H3. The van der Waals surface area contributed by atoms with Gasteiger partial charge >= 0.3 is 0 Å². The molecule has 1 saturated heterocycles. The Balaban J connectivity index is 0.000000858. The minimum atomic E-state index is 0.0306. The van der Waals surface area contributed by atoms with E-state index < -0.39 is 0 Å². The number of aromatic nitrogens is 4. The highest BCUT2D eigenvalue weighted by molar-refractivity contribution is 5.61. The van der Waals surface area contributed by atoms with E-state index >= 15 is 0 Å². The highest BCUT2D eigenvalue weighted by Gasteiger charge is 2.17. The number of fused-ring (bicyclic) bond motifs is 1. The second-order valence-electron chi connectivity index (χ2n) is 7.64. The Morgan fingerprint density at radius 1 is 1.13 bits per heavy atom. The molecule has 4 heterocycles. The van der Waals surface area contributed by atoms with E-state index in [2.05, 4.69) is 28.3 Å². The number of nitrogens with one attached hydrogen (secondary N) is 1. The summed E-state index contributed by atoms with van der Waals surface area (Å²) in [5.41, 5.74) is 3.05. The van der Waals surface area contributed by atoms with Gasteiger partial charge in [-0.2, -0.15) is 9.61 Å².